The molecule has 0 unspecified atom stereocenters. The second-order valence-corrected chi connectivity index (χ2v) is 4.11. The van der Waals surface area contributed by atoms with Crippen molar-refractivity contribution in [2.75, 3.05) is 19.0 Å². The second-order valence-electron chi connectivity index (χ2n) is 4.11. The van der Waals surface area contributed by atoms with Crippen molar-refractivity contribution in [3.63, 3.8) is 0 Å². The summed E-state index contributed by atoms with van der Waals surface area (Å²) in [5.74, 6) is -0.590. The Morgan fingerprint density at radius 2 is 1.79 bits per heavy atom. The van der Waals surface area contributed by atoms with Gasteiger partial charge in [0, 0.05) is 12.7 Å². The third-order valence-electron chi connectivity index (χ3n) is 2.56. The van der Waals surface area contributed by atoms with Gasteiger partial charge in [-0.25, -0.2) is 0 Å². The second kappa shape index (κ2) is 8.13. The standard InChI is InChI=1S/C14H20N2O3/c1-3-4-5-10-19-12-8-6-11(7-9-12)16-14(18)13(17)15-2/h6-9H,3-5,10H2,1-2H3,(H,15,17)(H,16,18). The molecule has 0 atom stereocenters. The number of anilines is 1. The van der Waals surface area contributed by atoms with Crippen molar-refractivity contribution in [1.29, 1.82) is 0 Å². The smallest absolute Gasteiger partial charge is 0.313 e. The molecule has 0 aliphatic heterocycles. The summed E-state index contributed by atoms with van der Waals surface area (Å²) < 4.78 is 5.54. The fourth-order valence-corrected chi connectivity index (χ4v) is 1.48. The molecule has 1 aromatic rings. The number of ether oxygens (including phenoxy) is 1. The molecule has 2 amide bonds. The predicted octanol–water partition coefficient (Wildman–Crippen LogP) is 1.94. The lowest BCUT2D eigenvalue weighted by atomic mass is 10.2. The van der Waals surface area contributed by atoms with Gasteiger partial charge in [-0.15, -0.1) is 0 Å². The van der Waals surface area contributed by atoms with E-state index in [2.05, 4.69) is 17.6 Å². The van der Waals surface area contributed by atoms with E-state index in [-0.39, 0.29) is 0 Å². The van der Waals surface area contributed by atoms with Crippen LogP contribution in [-0.4, -0.2) is 25.5 Å². The zero-order valence-electron chi connectivity index (χ0n) is 11.4. The van der Waals surface area contributed by atoms with Gasteiger partial charge in [0.25, 0.3) is 0 Å². The average molecular weight is 264 g/mol. The van der Waals surface area contributed by atoms with Gasteiger partial charge in [0.05, 0.1) is 6.61 Å². The van der Waals surface area contributed by atoms with Crippen LogP contribution in [0.15, 0.2) is 24.3 Å². The third-order valence-corrected chi connectivity index (χ3v) is 2.56. The normalized spacial score (nSPS) is 9.79. The molecule has 0 aromatic heterocycles. The number of unbranched alkanes of at least 4 members (excludes halogenated alkanes) is 2. The van der Waals surface area contributed by atoms with E-state index in [0.717, 1.165) is 25.0 Å². The molecule has 2 N–H and O–H groups in total. The van der Waals surface area contributed by atoms with Crippen molar-refractivity contribution in [2.24, 2.45) is 0 Å². The van der Waals surface area contributed by atoms with Crippen LogP contribution in [0.3, 0.4) is 0 Å². The maximum absolute atomic E-state index is 11.3. The largest absolute Gasteiger partial charge is 0.494 e. The highest BCUT2D eigenvalue weighted by Gasteiger charge is 2.10. The van der Waals surface area contributed by atoms with Gasteiger partial charge in [0.2, 0.25) is 0 Å². The van der Waals surface area contributed by atoms with Gasteiger partial charge >= 0.3 is 11.8 Å². The Bertz CT molecular complexity index is 415. The van der Waals surface area contributed by atoms with Crippen LogP contribution >= 0.6 is 0 Å². The molecular formula is C14H20N2O3. The molecule has 1 aromatic carbocycles. The van der Waals surface area contributed by atoms with E-state index in [1.807, 2.05) is 0 Å². The summed E-state index contributed by atoms with van der Waals surface area (Å²) in [6, 6.07) is 6.95. The Morgan fingerprint density at radius 3 is 2.37 bits per heavy atom. The van der Waals surface area contributed by atoms with Crippen LogP contribution in [0.1, 0.15) is 26.2 Å². The van der Waals surface area contributed by atoms with Crippen LogP contribution in [0.25, 0.3) is 0 Å². The Hall–Kier alpha value is -2.04. The van der Waals surface area contributed by atoms with E-state index in [4.69, 9.17) is 4.74 Å². The van der Waals surface area contributed by atoms with E-state index in [1.165, 1.54) is 7.05 Å². The van der Waals surface area contributed by atoms with Crippen molar-refractivity contribution in [1.82, 2.24) is 5.32 Å². The van der Waals surface area contributed by atoms with Gasteiger partial charge in [-0.05, 0) is 30.7 Å². The molecule has 5 heteroatoms. The zero-order valence-corrected chi connectivity index (χ0v) is 11.4. The molecule has 0 saturated heterocycles. The molecule has 0 heterocycles. The average Bonchev–Trinajstić information content (AvgIpc) is 2.44. The molecule has 0 radical (unpaired) electrons. The summed E-state index contributed by atoms with van der Waals surface area (Å²) in [7, 11) is 1.41. The van der Waals surface area contributed by atoms with Crippen LogP contribution in [-0.2, 0) is 9.59 Å². The van der Waals surface area contributed by atoms with Gasteiger partial charge < -0.3 is 15.4 Å². The summed E-state index contributed by atoms with van der Waals surface area (Å²) >= 11 is 0. The number of amides is 2. The molecule has 104 valence electrons. The number of carbonyl (C=O) groups is 2. The van der Waals surface area contributed by atoms with Gasteiger partial charge in [-0.2, -0.15) is 0 Å². The van der Waals surface area contributed by atoms with Gasteiger partial charge in [0.15, 0.2) is 0 Å². The summed E-state index contributed by atoms with van der Waals surface area (Å²) in [4.78, 5) is 22.4. The number of likely N-dealkylation sites (N-methyl/N-ethyl adjacent to an activating group) is 1. The summed E-state index contributed by atoms with van der Waals surface area (Å²) in [5, 5.41) is 4.75. The Labute approximate surface area is 113 Å². The van der Waals surface area contributed by atoms with Crippen molar-refractivity contribution < 1.29 is 14.3 Å². The first kappa shape index (κ1) is 15.0. The number of rotatable bonds is 6. The molecule has 0 spiro atoms. The minimum atomic E-state index is -0.681. The molecule has 0 fully saturated rings. The number of benzene rings is 1. The van der Waals surface area contributed by atoms with E-state index < -0.39 is 11.8 Å². The highest BCUT2D eigenvalue weighted by molar-refractivity contribution is 6.39. The SMILES string of the molecule is CCCCCOc1ccc(NC(=O)C(=O)NC)cc1. The maximum Gasteiger partial charge on any atom is 0.313 e. The van der Waals surface area contributed by atoms with Crippen LogP contribution in [0.4, 0.5) is 5.69 Å². The van der Waals surface area contributed by atoms with Crippen molar-refractivity contribution in [2.45, 2.75) is 26.2 Å². The molecule has 0 saturated carbocycles. The summed E-state index contributed by atoms with van der Waals surface area (Å²) in [5.41, 5.74) is 0.564. The molecule has 1 rings (SSSR count). The fourth-order valence-electron chi connectivity index (χ4n) is 1.48. The first-order valence-electron chi connectivity index (χ1n) is 6.43. The molecule has 19 heavy (non-hydrogen) atoms. The predicted molar refractivity (Wildman–Crippen MR) is 74.2 cm³/mol. The first-order chi connectivity index (χ1) is 9.17. The van der Waals surface area contributed by atoms with Gasteiger partial charge in [-0.3, -0.25) is 9.59 Å². The number of nitrogens with one attached hydrogen (secondary N) is 2. The molecular weight excluding hydrogens is 244 g/mol. The fraction of sp³-hybridized carbons (Fsp3) is 0.429. The van der Waals surface area contributed by atoms with E-state index in [1.54, 1.807) is 24.3 Å². The molecule has 5 nitrogen and oxygen atoms in total. The Kier molecular flexibility index (Phi) is 6.43. The number of hydrogen-bond donors (Lipinski definition) is 2. The van der Waals surface area contributed by atoms with Gasteiger partial charge in [-0.1, -0.05) is 19.8 Å². The summed E-state index contributed by atoms with van der Waals surface area (Å²) in [6.45, 7) is 2.84. The monoisotopic (exact) mass is 264 g/mol. The quantitative estimate of drug-likeness (QED) is 0.609. The van der Waals surface area contributed by atoms with Crippen LogP contribution in [0.2, 0.25) is 0 Å². The van der Waals surface area contributed by atoms with E-state index in [9.17, 15) is 9.59 Å². The number of hydrogen-bond acceptors (Lipinski definition) is 3. The van der Waals surface area contributed by atoms with Crippen LogP contribution in [0.5, 0.6) is 5.75 Å². The minimum Gasteiger partial charge on any atom is -0.494 e. The van der Waals surface area contributed by atoms with Crippen molar-refractivity contribution >= 4 is 17.5 Å². The van der Waals surface area contributed by atoms with E-state index in [0.29, 0.717) is 12.3 Å². The van der Waals surface area contributed by atoms with Crippen molar-refractivity contribution in [3.8, 4) is 5.75 Å². The van der Waals surface area contributed by atoms with Crippen LogP contribution < -0.4 is 15.4 Å². The molecule has 0 aliphatic rings. The summed E-state index contributed by atoms with van der Waals surface area (Å²) in [6.07, 6.45) is 3.35. The first-order valence-corrected chi connectivity index (χ1v) is 6.43. The van der Waals surface area contributed by atoms with E-state index >= 15 is 0 Å². The Morgan fingerprint density at radius 1 is 1.11 bits per heavy atom. The van der Waals surface area contributed by atoms with Crippen molar-refractivity contribution in [3.05, 3.63) is 24.3 Å². The lowest BCUT2D eigenvalue weighted by Gasteiger charge is -2.07. The highest BCUT2D eigenvalue weighted by Crippen LogP contribution is 2.16. The number of carbonyl (C=O) groups excluding carboxylic acids is 2. The van der Waals surface area contributed by atoms with Crippen LogP contribution in [0, 0.1) is 0 Å². The Balaban J connectivity index is 2.43. The maximum atomic E-state index is 11.3. The molecule has 0 aliphatic carbocycles. The lowest BCUT2D eigenvalue weighted by Crippen LogP contribution is -2.32. The van der Waals surface area contributed by atoms with Gasteiger partial charge in [0.1, 0.15) is 5.75 Å². The highest BCUT2D eigenvalue weighted by atomic mass is 16.5. The third kappa shape index (κ3) is 5.42. The minimum absolute atomic E-state index is 0.564. The molecule has 0 bridgehead atoms. The topological polar surface area (TPSA) is 67.4 Å². The zero-order chi connectivity index (χ0) is 14.1. The lowest BCUT2D eigenvalue weighted by molar-refractivity contribution is -0.135.